The molecule has 4 heteroatoms. The van der Waals surface area contributed by atoms with Crippen molar-refractivity contribution >= 4 is 34.1 Å². The molecule has 0 aliphatic carbocycles. The van der Waals surface area contributed by atoms with Crippen LogP contribution < -0.4 is 0 Å². The summed E-state index contributed by atoms with van der Waals surface area (Å²) in [6.45, 7) is 0. The highest BCUT2D eigenvalue weighted by Crippen LogP contribution is 2.31. The fourth-order valence-corrected chi connectivity index (χ4v) is 2.58. The Morgan fingerprint density at radius 2 is 2.00 bits per heavy atom. The van der Waals surface area contributed by atoms with Crippen LogP contribution in [0.25, 0.3) is 10.1 Å². The zero-order chi connectivity index (χ0) is 10.1. The third-order valence-corrected chi connectivity index (χ3v) is 3.44. The van der Waals surface area contributed by atoms with E-state index >= 15 is 0 Å². The molecule has 0 N–H and O–H groups in total. The van der Waals surface area contributed by atoms with Crippen molar-refractivity contribution in [1.29, 1.82) is 10.5 Å². The number of hydrogen-bond acceptors (Lipinski definition) is 4. The Morgan fingerprint density at radius 1 is 1.21 bits per heavy atom. The summed E-state index contributed by atoms with van der Waals surface area (Å²) in [5, 5.41) is 20.2. The number of hydrogen-bond donors (Lipinski definition) is 1. The zero-order valence-electron chi connectivity index (χ0n) is 6.98. The Morgan fingerprint density at radius 3 is 2.64 bits per heavy atom. The van der Waals surface area contributed by atoms with Crippen molar-refractivity contribution < 1.29 is 0 Å². The summed E-state index contributed by atoms with van der Waals surface area (Å²) < 4.78 is 0.962. The second-order valence-electron chi connectivity index (χ2n) is 2.75. The van der Waals surface area contributed by atoms with Crippen molar-refractivity contribution in [3.63, 3.8) is 0 Å². The predicted octanol–water partition coefficient (Wildman–Crippen LogP) is 2.93. The number of fused-ring (bicyclic) bond motifs is 1. The third kappa shape index (κ3) is 1.26. The summed E-state index contributed by atoms with van der Waals surface area (Å²) in [7, 11) is 0. The molecule has 0 radical (unpaired) electrons. The lowest BCUT2D eigenvalue weighted by molar-refractivity contribution is 1.46. The molecule has 0 spiro atoms. The highest BCUT2D eigenvalue weighted by atomic mass is 32.1. The molecule has 0 fully saturated rings. The van der Waals surface area contributed by atoms with E-state index in [1.54, 1.807) is 17.5 Å². The molecule has 0 amide bonds. The average Bonchev–Trinajstić information content (AvgIpc) is 2.61. The van der Waals surface area contributed by atoms with Crippen molar-refractivity contribution in [2.24, 2.45) is 0 Å². The number of thiol groups is 1. The highest BCUT2D eigenvalue weighted by Gasteiger charge is 2.07. The summed E-state index contributed by atoms with van der Waals surface area (Å²) in [6, 6.07) is 7.58. The van der Waals surface area contributed by atoms with Gasteiger partial charge in [0.05, 0.1) is 17.2 Å². The second-order valence-corrected chi connectivity index (χ2v) is 4.11. The fourth-order valence-electron chi connectivity index (χ4n) is 1.27. The first-order chi connectivity index (χ1) is 6.76. The number of nitriles is 2. The van der Waals surface area contributed by atoms with E-state index in [0.29, 0.717) is 11.1 Å². The topological polar surface area (TPSA) is 47.6 Å². The van der Waals surface area contributed by atoms with Gasteiger partial charge in [-0.2, -0.15) is 10.5 Å². The number of nitrogens with zero attached hydrogens (tertiary/aromatic N) is 2. The molecule has 0 aliphatic heterocycles. The molecule has 14 heavy (non-hydrogen) atoms. The van der Waals surface area contributed by atoms with Gasteiger partial charge in [0.25, 0.3) is 0 Å². The standard InChI is InChI=1S/C10H4N2S2/c11-3-6-1-8-7(4-12)5-14-10(8)9(13)2-6/h1-2,5,13H. The van der Waals surface area contributed by atoms with Crippen LogP contribution in [0.3, 0.4) is 0 Å². The number of rotatable bonds is 0. The van der Waals surface area contributed by atoms with Crippen LogP contribution in [0.4, 0.5) is 0 Å². The molecule has 0 saturated heterocycles. The second kappa shape index (κ2) is 3.34. The molecule has 1 aromatic carbocycles. The van der Waals surface area contributed by atoms with Gasteiger partial charge in [0.1, 0.15) is 6.07 Å². The minimum absolute atomic E-state index is 0.539. The van der Waals surface area contributed by atoms with Crippen LogP contribution in [0.1, 0.15) is 11.1 Å². The van der Waals surface area contributed by atoms with E-state index in [-0.39, 0.29) is 0 Å². The van der Waals surface area contributed by atoms with Gasteiger partial charge >= 0.3 is 0 Å². The first kappa shape index (κ1) is 9.08. The largest absolute Gasteiger partial charge is 0.192 e. The fraction of sp³-hybridized carbons (Fsp3) is 0. The van der Waals surface area contributed by atoms with Crippen molar-refractivity contribution in [3.05, 3.63) is 28.6 Å². The lowest BCUT2D eigenvalue weighted by Gasteiger charge is -1.95. The Bertz CT molecular complexity index is 584. The molecule has 0 saturated carbocycles. The van der Waals surface area contributed by atoms with E-state index in [1.807, 2.05) is 6.07 Å². The smallest absolute Gasteiger partial charge is 0.101 e. The monoisotopic (exact) mass is 216 g/mol. The summed E-state index contributed by atoms with van der Waals surface area (Å²) in [4.78, 5) is 0.755. The van der Waals surface area contributed by atoms with Gasteiger partial charge in [-0.1, -0.05) is 0 Å². The first-order valence-electron chi connectivity index (χ1n) is 3.80. The van der Waals surface area contributed by atoms with Gasteiger partial charge in [-0.15, -0.1) is 24.0 Å². The van der Waals surface area contributed by atoms with Crippen molar-refractivity contribution in [1.82, 2.24) is 0 Å². The SMILES string of the molecule is N#Cc1cc(S)c2scc(C#N)c2c1. The Hall–Kier alpha value is -1.49. The van der Waals surface area contributed by atoms with E-state index in [9.17, 15) is 0 Å². The quantitative estimate of drug-likeness (QED) is 0.688. The van der Waals surface area contributed by atoms with Crippen LogP contribution in [0.15, 0.2) is 22.4 Å². The first-order valence-corrected chi connectivity index (χ1v) is 5.13. The molecule has 66 valence electrons. The maximum atomic E-state index is 8.83. The Kier molecular flexibility index (Phi) is 2.17. The van der Waals surface area contributed by atoms with Crippen molar-refractivity contribution in [2.45, 2.75) is 4.90 Å². The van der Waals surface area contributed by atoms with Gasteiger partial charge in [-0.3, -0.25) is 0 Å². The normalized spacial score (nSPS) is 9.64. The van der Waals surface area contributed by atoms with Crippen molar-refractivity contribution in [3.8, 4) is 12.1 Å². The van der Waals surface area contributed by atoms with Gasteiger partial charge in [0.2, 0.25) is 0 Å². The van der Waals surface area contributed by atoms with Crippen LogP contribution in [0.5, 0.6) is 0 Å². The molecule has 0 aliphatic rings. The summed E-state index contributed by atoms with van der Waals surface area (Å²) in [6.07, 6.45) is 0. The molecule has 2 nitrogen and oxygen atoms in total. The Balaban J connectivity index is 2.90. The van der Waals surface area contributed by atoms with Gasteiger partial charge in [-0.25, -0.2) is 0 Å². The van der Waals surface area contributed by atoms with E-state index in [0.717, 1.165) is 15.0 Å². The predicted molar refractivity (Wildman–Crippen MR) is 58.5 cm³/mol. The molecular weight excluding hydrogens is 212 g/mol. The number of thiophene rings is 1. The minimum Gasteiger partial charge on any atom is -0.192 e. The number of benzene rings is 1. The van der Waals surface area contributed by atoms with Gasteiger partial charge in [0, 0.05) is 20.4 Å². The van der Waals surface area contributed by atoms with Gasteiger partial charge in [0.15, 0.2) is 0 Å². The van der Waals surface area contributed by atoms with E-state index in [1.165, 1.54) is 11.3 Å². The summed E-state index contributed by atoms with van der Waals surface area (Å²) in [5.74, 6) is 0. The van der Waals surface area contributed by atoms with Crippen LogP contribution in [-0.4, -0.2) is 0 Å². The average molecular weight is 216 g/mol. The lowest BCUT2D eigenvalue weighted by Crippen LogP contribution is -1.77. The van der Waals surface area contributed by atoms with E-state index < -0.39 is 0 Å². The summed E-state index contributed by atoms with van der Waals surface area (Å²) >= 11 is 5.75. The molecule has 0 bridgehead atoms. The molecule has 1 heterocycles. The molecule has 2 aromatic rings. The highest BCUT2D eigenvalue weighted by molar-refractivity contribution is 7.80. The molecule has 0 unspecified atom stereocenters. The summed E-state index contributed by atoms with van der Waals surface area (Å²) in [5.41, 5.74) is 1.15. The maximum absolute atomic E-state index is 8.83. The molecule has 1 aromatic heterocycles. The molecule has 2 rings (SSSR count). The maximum Gasteiger partial charge on any atom is 0.101 e. The van der Waals surface area contributed by atoms with Crippen LogP contribution in [0, 0.1) is 22.7 Å². The van der Waals surface area contributed by atoms with Crippen LogP contribution in [-0.2, 0) is 0 Å². The van der Waals surface area contributed by atoms with Crippen molar-refractivity contribution in [2.75, 3.05) is 0 Å². The van der Waals surface area contributed by atoms with E-state index in [2.05, 4.69) is 18.7 Å². The minimum atomic E-state index is 0.539. The van der Waals surface area contributed by atoms with Crippen LogP contribution in [0.2, 0.25) is 0 Å². The third-order valence-electron chi connectivity index (χ3n) is 1.90. The Labute approximate surface area is 90.4 Å². The zero-order valence-corrected chi connectivity index (χ0v) is 8.69. The van der Waals surface area contributed by atoms with Crippen LogP contribution >= 0.6 is 24.0 Å². The van der Waals surface area contributed by atoms with Gasteiger partial charge < -0.3 is 0 Å². The van der Waals surface area contributed by atoms with E-state index in [4.69, 9.17) is 10.5 Å². The lowest BCUT2D eigenvalue weighted by atomic mass is 10.1. The molecule has 0 atom stereocenters. The molecular formula is C10H4N2S2. The van der Waals surface area contributed by atoms with Gasteiger partial charge in [-0.05, 0) is 12.1 Å².